The quantitative estimate of drug-likeness (QED) is 0.765. The summed E-state index contributed by atoms with van der Waals surface area (Å²) in [6, 6.07) is 7.23. The third kappa shape index (κ3) is 1.98. The highest BCUT2D eigenvalue weighted by Crippen LogP contribution is 2.38. The monoisotopic (exact) mass is 258 g/mol. The first-order valence-electron chi connectivity index (χ1n) is 5.52. The molecule has 0 radical (unpaired) electrons. The Morgan fingerprint density at radius 2 is 2.12 bits per heavy atom. The molecule has 0 bridgehead atoms. The van der Waals surface area contributed by atoms with Crippen LogP contribution in [0.25, 0.3) is 0 Å². The highest BCUT2D eigenvalue weighted by Gasteiger charge is 2.32. The van der Waals surface area contributed by atoms with Crippen LogP contribution in [0.1, 0.15) is 31.2 Å². The topological polar surface area (TPSA) is 34.1 Å². The normalized spacial score (nSPS) is 24.8. The largest absolute Gasteiger partial charge is 0.224 e. The van der Waals surface area contributed by atoms with Crippen molar-refractivity contribution in [3.05, 3.63) is 29.8 Å². The van der Waals surface area contributed by atoms with E-state index < -0.39 is 9.84 Å². The van der Waals surface area contributed by atoms with Crippen molar-refractivity contribution in [2.24, 2.45) is 0 Å². The zero-order valence-electron chi connectivity index (χ0n) is 9.19. The fourth-order valence-corrected chi connectivity index (χ4v) is 4.19. The average Bonchev–Trinajstić information content (AvgIpc) is 2.28. The van der Waals surface area contributed by atoms with Crippen molar-refractivity contribution in [3.8, 4) is 0 Å². The predicted molar refractivity (Wildman–Crippen MR) is 65.8 cm³/mol. The SMILES string of the molecule is CCC(Cl)C1CCS(=O)(=O)c2ccccc21. The van der Waals surface area contributed by atoms with Crippen molar-refractivity contribution in [1.82, 2.24) is 0 Å². The number of hydrogen-bond acceptors (Lipinski definition) is 2. The van der Waals surface area contributed by atoms with E-state index in [1.54, 1.807) is 12.1 Å². The first kappa shape index (κ1) is 11.9. The van der Waals surface area contributed by atoms with Gasteiger partial charge < -0.3 is 0 Å². The Morgan fingerprint density at radius 1 is 1.44 bits per heavy atom. The summed E-state index contributed by atoms with van der Waals surface area (Å²) in [5.74, 6) is 0.393. The Labute approximate surface area is 102 Å². The van der Waals surface area contributed by atoms with Gasteiger partial charge in [-0.3, -0.25) is 0 Å². The van der Waals surface area contributed by atoms with Crippen LogP contribution in [0.2, 0.25) is 0 Å². The van der Waals surface area contributed by atoms with Gasteiger partial charge in [0.1, 0.15) is 0 Å². The van der Waals surface area contributed by atoms with Crippen molar-refractivity contribution < 1.29 is 8.42 Å². The fourth-order valence-electron chi connectivity index (χ4n) is 2.28. The Balaban J connectivity index is 2.51. The van der Waals surface area contributed by atoms with Gasteiger partial charge in [-0.05, 0) is 24.5 Å². The third-order valence-electron chi connectivity index (χ3n) is 3.18. The van der Waals surface area contributed by atoms with Crippen LogP contribution in [0.5, 0.6) is 0 Å². The summed E-state index contributed by atoms with van der Waals surface area (Å²) >= 11 is 6.27. The van der Waals surface area contributed by atoms with Crippen LogP contribution in [0.3, 0.4) is 0 Å². The maximum atomic E-state index is 11.9. The van der Waals surface area contributed by atoms with E-state index in [4.69, 9.17) is 11.6 Å². The molecule has 0 amide bonds. The summed E-state index contributed by atoms with van der Waals surface area (Å²) in [5.41, 5.74) is 0.899. The molecule has 0 spiro atoms. The third-order valence-corrected chi connectivity index (χ3v) is 5.61. The lowest BCUT2D eigenvalue weighted by Crippen LogP contribution is -2.25. The lowest BCUT2D eigenvalue weighted by Gasteiger charge is -2.28. The predicted octanol–water partition coefficient (Wildman–Crippen LogP) is 2.97. The molecule has 4 heteroatoms. The van der Waals surface area contributed by atoms with Crippen LogP contribution in [0.4, 0.5) is 0 Å². The molecule has 0 saturated carbocycles. The number of sulfone groups is 1. The van der Waals surface area contributed by atoms with E-state index in [9.17, 15) is 8.42 Å². The number of rotatable bonds is 2. The Morgan fingerprint density at radius 3 is 2.81 bits per heavy atom. The molecule has 1 aliphatic heterocycles. The van der Waals surface area contributed by atoms with Gasteiger partial charge in [-0.1, -0.05) is 25.1 Å². The average molecular weight is 259 g/mol. The van der Waals surface area contributed by atoms with E-state index in [2.05, 4.69) is 0 Å². The molecule has 0 fully saturated rings. The van der Waals surface area contributed by atoms with E-state index >= 15 is 0 Å². The molecule has 0 aromatic heterocycles. The molecule has 1 aliphatic rings. The number of fused-ring (bicyclic) bond motifs is 1. The summed E-state index contributed by atoms with van der Waals surface area (Å²) in [6.07, 6.45) is 1.50. The molecule has 0 N–H and O–H groups in total. The van der Waals surface area contributed by atoms with Crippen molar-refractivity contribution in [3.63, 3.8) is 0 Å². The van der Waals surface area contributed by atoms with Gasteiger partial charge >= 0.3 is 0 Å². The van der Waals surface area contributed by atoms with Gasteiger partial charge in [-0.15, -0.1) is 11.6 Å². The highest BCUT2D eigenvalue weighted by molar-refractivity contribution is 7.91. The smallest absolute Gasteiger partial charge is 0.178 e. The first-order chi connectivity index (χ1) is 7.56. The van der Waals surface area contributed by atoms with Crippen LogP contribution in [-0.4, -0.2) is 19.5 Å². The number of benzene rings is 1. The van der Waals surface area contributed by atoms with E-state index in [0.29, 0.717) is 11.3 Å². The van der Waals surface area contributed by atoms with Crippen LogP contribution in [0.15, 0.2) is 29.2 Å². The first-order valence-corrected chi connectivity index (χ1v) is 7.61. The molecule has 2 rings (SSSR count). The summed E-state index contributed by atoms with van der Waals surface area (Å²) < 4.78 is 23.8. The van der Waals surface area contributed by atoms with Gasteiger partial charge in [0.15, 0.2) is 9.84 Å². The molecule has 0 saturated heterocycles. The van der Waals surface area contributed by atoms with Gasteiger partial charge in [0.2, 0.25) is 0 Å². The minimum atomic E-state index is -3.08. The molecule has 2 unspecified atom stereocenters. The standard InChI is InChI=1S/C12H15ClO2S/c1-2-11(13)9-7-8-16(14,15)12-6-4-3-5-10(9)12/h3-6,9,11H,2,7-8H2,1H3. The zero-order valence-corrected chi connectivity index (χ0v) is 10.8. The van der Waals surface area contributed by atoms with E-state index in [0.717, 1.165) is 12.0 Å². The minimum absolute atomic E-state index is 0.0247. The van der Waals surface area contributed by atoms with Gasteiger partial charge in [0, 0.05) is 11.3 Å². The van der Waals surface area contributed by atoms with Crippen LogP contribution < -0.4 is 0 Å². The van der Waals surface area contributed by atoms with Crippen molar-refractivity contribution in [2.45, 2.75) is 36.0 Å². The van der Waals surface area contributed by atoms with Crippen molar-refractivity contribution >= 4 is 21.4 Å². The highest BCUT2D eigenvalue weighted by atomic mass is 35.5. The molecule has 0 aliphatic carbocycles. The molecular formula is C12H15ClO2S. The summed E-state index contributed by atoms with van der Waals surface area (Å²) in [4.78, 5) is 0.477. The van der Waals surface area contributed by atoms with Crippen LogP contribution in [-0.2, 0) is 9.84 Å². The summed E-state index contributed by atoms with van der Waals surface area (Å²) in [5, 5.41) is 0.0247. The van der Waals surface area contributed by atoms with Crippen LogP contribution >= 0.6 is 11.6 Å². The minimum Gasteiger partial charge on any atom is -0.224 e. The summed E-state index contributed by atoms with van der Waals surface area (Å²) in [7, 11) is -3.08. The molecule has 1 aromatic rings. The second kappa shape index (κ2) is 4.38. The Bertz CT molecular complexity index is 482. The molecule has 88 valence electrons. The number of halogens is 1. The van der Waals surface area contributed by atoms with Crippen molar-refractivity contribution in [2.75, 3.05) is 5.75 Å². The Kier molecular flexibility index (Phi) is 3.27. The van der Waals surface area contributed by atoms with Gasteiger partial charge in [-0.2, -0.15) is 0 Å². The molecule has 1 heterocycles. The molecule has 2 atom stereocenters. The molecule has 2 nitrogen and oxygen atoms in total. The van der Waals surface area contributed by atoms with Gasteiger partial charge in [-0.25, -0.2) is 8.42 Å². The summed E-state index contributed by atoms with van der Waals surface area (Å²) in [6.45, 7) is 2.03. The maximum absolute atomic E-state index is 11.9. The molecule has 1 aromatic carbocycles. The van der Waals surface area contributed by atoms with E-state index in [1.165, 1.54) is 0 Å². The second-order valence-corrected chi connectivity index (χ2v) is 6.81. The van der Waals surface area contributed by atoms with Crippen LogP contribution in [0, 0.1) is 0 Å². The maximum Gasteiger partial charge on any atom is 0.178 e. The second-order valence-electron chi connectivity index (χ2n) is 4.18. The lowest BCUT2D eigenvalue weighted by molar-refractivity contribution is 0.546. The van der Waals surface area contributed by atoms with Gasteiger partial charge in [0.25, 0.3) is 0 Å². The van der Waals surface area contributed by atoms with Crippen molar-refractivity contribution in [1.29, 1.82) is 0 Å². The number of hydrogen-bond donors (Lipinski definition) is 0. The number of alkyl halides is 1. The van der Waals surface area contributed by atoms with E-state index in [1.807, 2.05) is 19.1 Å². The Hall–Kier alpha value is -0.540. The lowest BCUT2D eigenvalue weighted by atomic mass is 9.91. The molecular weight excluding hydrogens is 244 g/mol. The fraction of sp³-hybridized carbons (Fsp3) is 0.500. The van der Waals surface area contributed by atoms with Gasteiger partial charge in [0.05, 0.1) is 10.6 Å². The zero-order chi connectivity index (χ0) is 11.8. The molecule has 16 heavy (non-hydrogen) atoms. The van der Waals surface area contributed by atoms with E-state index in [-0.39, 0.29) is 17.0 Å².